The number of carbonyl (C=O) groups is 3. The molecule has 2 aliphatic rings. The summed E-state index contributed by atoms with van der Waals surface area (Å²) in [4.78, 5) is 36.5. The van der Waals surface area contributed by atoms with Gasteiger partial charge in [0.2, 0.25) is 11.8 Å². The lowest BCUT2D eigenvalue weighted by Gasteiger charge is -2.25. The van der Waals surface area contributed by atoms with Crippen molar-refractivity contribution in [3.05, 3.63) is 11.1 Å². The van der Waals surface area contributed by atoms with Gasteiger partial charge in [-0.25, -0.2) is 0 Å². The van der Waals surface area contributed by atoms with Crippen LogP contribution in [0.25, 0.3) is 0 Å². The number of rotatable bonds is 3. The minimum absolute atomic E-state index is 0.00388. The summed E-state index contributed by atoms with van der Waals surface area (Å²) in [5, 5.41) is 2.54. The van der Waals surface area contributed by atoms with Gasteiger partial charge >= 0.3 is 5.97 Å². The fraction of sp³-hybridized carbons (Fsp3) is 0.583. The van der Waals surface area contributed by atoms with Crippen LogP contribution in [0.4, 0.5) is 0 Å². The summed E-state index contributed by atoms with van der Waals surface area (Å²) in [5.74, 6) is -0.880. The van der Waals surface area contributed by atoms with Crippen LogP contribution in [0.5, 0.6) is 0 Å². The predicted molar refractivity (Wildman–Crippen MR) is 71.6 cm³/mol. The molecule has 2 amide bonds. The number of methoxy groups -OCH3 is 1. The Hall–Kier alpha value is -1.54. The molecule has 0 saturated carbocycles. The van der Waals surface area contributed by atoms with Crippen LogP contribution < -0.4 is 5.32 Å². The summed E-state index contributed by atoms with van der Waals surface area (Å²) in [6.07, 6.45) is 1.39. The van der Waals surface area contributed by atoms with Gasteiger partial charge in [0.15, 0.2) is 0 Å². The van der Waals surface area contributed by atoms with E-state index in [0.29, 0.717) is 31.3 Å². The first kappa shape index (κ1) is 14.9. The zero-order valence-corrected chi connectivity index (χ0v) is 11.9. The van der Waals surface area contributed by atoms with Gasteiger partial charge in [-0.3, -0.25) is 14.4 Å². The van der Waals surface area contributed by atoms with Gasteiger partial charge in [0.1, 0.15) is 5.25 Å². The third kappa shape index (κ3) is 3.73. The van der Waals surface area contributed by atoms with Crippen LogP contribution in [-0.2, 0) is 23.9 Å². The lowest BCUT2D eigenvalue weighted by atomic mass is 10.3. The average Bonchev–Trinajstić information content (AvgIpc) is 2.79. The fourth-order valence-corrected chi connectivity index (χ4v) is 2.88. The highest BCUT2D eigenvalue weighted by Crippen LogP contribution is 2.29. The lowest BCUT2D eigenvalue weighted by Crippen LogP contribution is -2.40. The number of nitrogens with one attached hydrogen (secondary N) is 1. The predicted octanol–water partition coefficient (Wildman–Crippen LogP) is -0.519. The van der Waals surface area contributed by atoms with Crippen LogP contribution in [0.2, 0.25) is 0 Å². The molecule has 1 unspecified atom stereocenters. The standard InChI is InChI=1S/C12H16N2O5S/c1-18-11(16)6-8-12(17)13-9(20-8)7-10(15)14-2-4-19-5-3-14/h7-8H,2-6H2,1H3,(H,13,17)/b9-7+. The first-order chi connectivity index (χ1) is 9.60. The minimum Gasteiger partial charge on any atom is -0.469 e. The van der Waals surface area contributed by atoms with E-state index < -0.39 is 11.2 Å². The number of thioether (sulfide) groups is 1. The first-order valence-corrected chi connectivity index (χ1v) is 7.11. The maximum atomic E-state index is 12.0. The Kier molecular flexibility index (Phi) is 5.02. The van der Waals surface area contributed by atoms with Crippen molar-refractivity contribution in [2.75, 3.05) is 33.4 Å². The van der Waals surface area contributed by atoms with Crippen molar-refractivity contribution in [2.24, 2.45) is 0 Å². The van der Waals surface area contributed by atoms with E-state index >= 15 is 0 Å². The Bertz CT molecular complexity index is 445. The summed E-state index contributed by atoms with van der Waals surface area (Å²) in [5.41, 5.74) is 0. The Labute approximate surface area is 120 Å². The second-order valence-electron chi connectivity index (χ2n) is 4.32. The third-order valence-corrected chi connectivity index (χ3v) is 4.10. The van der Waals surface area contributed by atoms with Crippen molar-refractivity contribution in [1.29, 1.82) is 0 Å². The fourth-order valence-electron chi connectivity index (χ4n) is 1.86. The quantitative estimate of drug-likeness (QED) is 0.558. The molecular weight excluding hydrogens is 284 g/mol. The zero-order valence-electron chi connectivity index (χ0n) is 11.1. The molecule has 1 N–H and O–H groups in total. The van der Waals surface area contributed by atoms with E-state index in [-0.39, 0.29) is 18.2 Å². The number of hydrogen-bond acceptors (Lipinski definition) is 6. The molecule has 110 valence electrons. The van der Waals surface area contributed by atoms with Crippen molar-refractivity contribution in [3.63, 3.8) is 0 Å². The van der Waals surface area contributed by atoms with E-state index in [1.54, 1.807) is 4.90 Å². The van der Waals surface area contributed by atoms with Crippen LogP contribution in [0.3, 0.4) is 0 Å². The molecule has 0 aromatic rings. The highest BCUT2D eigenvalue weighted by atomic mass is 32.2. The summed E-state index contributed by atoms with van der Waals surface area (Å²) in [7, 11) is 1.28. The first-order valence-electron chi connectivity index (χ1n) is 6.23. The Morgan fingerprint density at radius 2 is 2.20 bits per heavy atom. The normalized spacial score (nSPS) is 24.6. The Balaban J connectivity index is 1.93. The number of amides is 2. The van der Waals surface area contributed by atoms with Crippen molar-refractivity contribution in [2.45, 2.75) is 11.7 Å². The number of ether oxygens (including phenoxy) is 2. The van der Waals surface area contributed by atoms with E-state index in [2.05, 4.69) is 10.1 Å². The van der Waals surface area contributed by atoms with Crippen molar-refractivity contribution >= 4 is 29.5 Å². The molecule has 2 rings (SSSR count). The SMILES string of the molecule is COC(=O)CC1S/C(=C/C(=O)N2CCOCC2)NC1=O. The monoisotopic (exact) mass is 300 g/mol. The maximum absolute atomic E-state index is 12.0. The summed E-state index contributed by atoms with van der Waals surface area (Å²) < 4.78 is 9.70. The highest BCUT2D eigenvalue weighted by molar-refractivity contribution is 8.04. The molecule has 20 heavy (non-hydrogen) atoms. The molecule has 0 bridgehead atoms. The molecule has 0 aromatic carbocycles. The highest BCUT2D eigenvalue weighted by Gasteiger charge is 2.32. The van der Waals surface area contributed by atoms with E-state index in [1.807, 2.05) is 0 Å². The summed E-state index contributed by atoms with van der Waals surface area (Å²) in [6, 6.07) is 0. The molecule has 2 heterocycles. The smallest absolute Gasteiger partial charge is 0.307 e. The second-order valence-corrected chi connectivity index (χ2v) is 5.57. The van der Waals surface area contributed by atoms with E-state index in [9.17, 15) is 14.4 Å². The molecule has 7 nitrogen and oxygen atoms in total. The Morgan fingerprint density at radius 1 is 1.50 bits per heavy atom. The lowest BCUT2D eigenvalue weighted by molar-refractivity contribution is -0.141. The van der Waals surface area contributed by atoms with Crippen LogP contribution in [-0.4, -0.2) is 61.3 Å². The van der Waals surface area contributed by atoms with E-state index in [4.69, 9.17) is 4.74 Å². The number of esters is 1. The van der Waals surface area contributed by atoms with E-state index in [1.165, 1.54) is 24.9 Å². The van der Waals surface area contributed by atoms with Gasteiger partial charge in [0.05, 0.1) is 31.8 Å². The summed E-state index contributed by atoms with van der Waals surface area (Å²) in [6.45, 7) is 2.15. The van der Waals surface area contributed by atoms with Crippen LogP contribution in [0.15, 0.2) is 11.1 Å². The van der Waals surface area contributed by atoms with Gasteiger partial charge in [-0.05, 0) is 0 Å². The van der Waals surface area contributed by atoms with Crippen molar-refractivity contribution < 1.29 is 23.9 Å². The van der Waals surface area contributed by atoms with Crippen LogP contribution in [0, 0.1) is 0 Å². The minimum atomic E-state index is -0.536. The molecule has 0 aliphatic carbocycles. The molecule has 1 atom stereocenters. The molecular formula is C12H16N2O5S. The third-order valence-electron chi connectivity index (χ3n) is 2.97. The number of nitrogens with zero attached hydrogens (tertiary/aromatic N) is 1. The van der Waals surface area contributed by atoms with E-state index in [0.717, 1.165) is 0 Å². The largest absolute Gasteiger partial charge is 0.469 e. The molecule has 2 saturated heterocycles. The number of hydrogen-bond donors (Lipinski definition) is 1. The second kappa shape index (κ2) is 6.76. The molecule has 2 aliphatic heterocycles. The molecule has 0 spiro atoms. The van der Waals surface area contributed by atoms with Gasteiger partial charge < -0.3 is 19.7 Å². The molecule has 2 fully saturated rings. The molecule has 0 aromatic heterocycles. The van der Waals surface area contributed by atoms with Gasteiger partial charge in [0, 0.05) is 19.2 Å². The van der Waals surface area contributed by atoms with Crippen molar-refractivity contribution in [3.8, 4) is 0 Å². The van der Waals surface area contributed by atoms with Crippen LogP contribution in [0.1, 0.15) is 6.42 Å². The molecule has 0 radical (unpaired) electrons. The summed E-state index contributed by atoms with van der Waals surface area (Å²) >= 11 is 1.18. The number of morpholine rings is 1. The van der Waals surface area contributed by atoms with Crippen molar-refractivity contribution in [1.82, 2.24) is 10.2 Å². The van der Waals surface area contributed by atoms with Gasteiger partial charge in [-0.1, -0.05) is 11.8 Å². The maximum Gasteiger partial charge on any atom is 0.307 e. The van der Waals surface area contributed by atoms with Gasteiger partial charge in [-0.2, -0.15) is 0 Å². The average molecular weight is 300 g/mol. The van der Waals surface area contributed by atoms with Crippen LogP contribution >= 0.6 is 11.8 Å². The zero-order chi connectivity index (χ0) is 14.5. The molecule has 8 heteroatoms. The number of carbonyl (C=O) groups excluding carboxylic acids is 3. The Morgan fingerprint density at radius 3 is 2.85 bits per heavy atom. The van der Waals surface area contributed by atoms with Gasteiger partial charge in [0.25, 0.3) is 0 Å². The topological polar surface area (TPSA) is 84.9 Å². The van der Waals surface area contributed by atoms with Gasteiger partial charge in [-0.15, -0.1) is 0 Å².